The molecule has 0 aliphatic rings. The number of carbonyl (C=O) groups is 2. The average molecular weight is 360 g/mol. The maximum atomic E-state index is 12.0. The molecule has 2 rings (SSSR count). The highest BCUT2D eigenvalue weighted by Gasteiger charge is 2.26. The van der Waals surface area contributed by atoms with Crippen molar-refractivity contribution < 1.29 is 39.5 Å². The molecule has 0 aliphatic carbocycles. The normalized spacial score (nSPS) is 11.9. The molecule has 26 heavy (non-hydrogen) atoms. The topological polar surface area (TPSA) is 134 Å². The van der Waals surface area contributed by atoms with Gasteiger partial charge in [0, 0.05) is 11.6 Å². The van der Waals surface area contributed by atoms with E-state index in [1.165, 1.54) is 30.3 Å². The third-order valence-corrected chi connectivity index (χ3v) is 3.36. The molecule has 4 N–H and O–H groups in total. The number of methoxy groups -OCH3 is 1. The number of ether oxygens (including phenoxy) is 2. The van der Waals surface area contributed by atoms with E-state index < -0.39 is 29.5 Å². The van der Waals surface area contributed by atoms with Gasteiger partial charge >= 0.3 is 11.9 Å². The summed E-state index contributed by atoms with van der Waals surface area (Å²) in [7, 11) is 1.11. The van der Waals surface area contributed by atoms with Crippen LogP contribution in [0.4, 0.5) is 0 Å². The molecule has 0 amide bonds. The van der Waals surface area contributed by atoms with Crippen LogP contribution in [0.5, 0.6) is 23.0 Å². The van der Waals surface area contributed by atoms with Crippen LogP contribution < -0.4 is 0 Å². The molecule has 0 radical (unpaired) electrons. The van der Waals surface area contributed by atoms with Gasteiger partial charge in [0.25, 0.3) is 0 Å². The molecule has 0 fully saturated rings. The van der Waals surface area contributed by atoms with E-state index in [9.17, 15) is 30.0 Å². The fourth-order valence-electron chi connectivity index (χ4n) is 2.03. The second-order valence-electron chi connectivity index (χ2n) is 5.17. The predicted molar refractivity (Wildman–Crippen MR) is 89.4 cm³/mol. The summed E-state index contributed by atoms with van der Waals surface area (Å²) in [6.45, 7) is 0. The minimum absolute atomic E-state index is 0.108. The zero-order valence-corrected chi connectivity index (χ0v) is 13.6. The second kappa shape index (κ2) is 7.93. The smallest absolute Gasteiger partial charge is 0.351 e. The van der Waals surface area contributed by atoms with E-state index in [4.69, 9.17) is 4.74 Å². The summed E-state index contributed by atoms with van der Waals surface area (Å²) >= 11 is 0. The molecule has 0 heterocycles. The average Bonchev–Trinajstić information content (AvgIpc) is 2.62. The Kier molecular flexibility index (Phi) is 5.69. The fraction of sp³-hybridized carbons (Fsp3) is 0.111. The lowest BCUT2D eigenvalue weighted by molar-refractivity contribution is -0.163. The zero-order valence-electron chi connectivity index (χ0n) is 13.6. The van der Waals surface area contributed by atoms with Crippen molar-refractivity contribution in [1.29, 1.82) is 0 Å². The number of phenols is 4. The first-order chi connectivity index (χ1) is 12.3. The molecule has 0 saturated carbocycles. The molecule has 8 heteroatoms. The second-order valence-corrected chi connectivity index (χ2v) is 5.17. The number of hydrogen-bond donors (Lipinski definition) is 4. The maximum absolute atomic E-state index is 12.0. The van der Waals surface area contributed by atoms with E-state index in [0.29, 0.717) is 5.56 Å². The molecule has 8 nitrogen and oxygen atoms in total. The van der Waals surface area contributed by atoms with Crippen molar-refractivity contribution >= 4 is 18.0 Å². The summed E-state index contributed by atoms with van der Waals surface area (Å²) in [5.74, 6) is -3.30. The zero-order chi connectivity index (χ0) is 19.3. The number of aromatic hydroxyl groups is 4. The minimum Gasteiger partial charge on any atom is -0.504 e. The van der Waals surface area contributed by atoms with E-state index in [1.807, 2.05) is 0 Å². The molecular weight excluding hydrogens is 344 g/mol. The lowest BCUT2D eigenvalue weighted by Crippen LogP contribution is -2.20. The summed E-state index contributed by atoms with van der Waals surface area (Å²) in [5.41, 5.74) is 0.519. The number of phenolic OH excluding ortho intramolecular Hbond substituents is 4. The van der Waals surface area contributed by atoms with Crippen LogP contribution in [0.2, 0.25) is 0 Å². The molecule has 1 atom stereocenters. The van der Waals surface area contributed by atoms with Crippen molar-refractivity contribution in [3.05, 3.63) is 53.6 Å². The highest BCUT2D eigenvalue weighted by atomic mass is 16.6. The molecule has 1 unspecified atom stereocenters. The van der Waals surface area contributed by atoms with Gasteiger partial charge in [0.1, 0.15) is 0 Å². The van der Waals surface area contributed by atoms with Gasteiger partial charge < -0.3 is 29.9 Å². The number of esters is 2. The Hall–Kier alpha value is -3.68. The molecule has 2 aromatic carbocycles. The number of hydrogen-bond acceptors (Lipinski definition) is 8. The highest BCUT2D eigenvalue weighted by Crippen LogP contribution is 2.30. The van der Waals surface area contributed by atoms with Crippen LogP contribution in [-0.4, -0.2) is 39.5 Å². The van der Waals surface area contributed by atoms with Crippen LogP contribution in [0, 0.1) is 0 Å². The van der Waals surface area contributed by atoms with E-state index in [1.54, 1.807) is 0 Å². The SMILES string of the molecule is COC(=O)C(OC(=O)/C=C/c1ccc(O)c(O)c1)c1ccc(O)c(O)c1. The monoisotopic (exact) mass is 360 g/mol. The van der Waals surface area contributed by atoms with Crippen molar-refractivity contribution in [1.82, 2.24) is 0 Å². The van der Waals surface area contributed by atoms with Crippen molar-refractivity contribution in [3.63, 3.8) is 0 Å². The van der Waals surface area contributed by atoms with Gasteiger partial charge in [0.05, 0.1) is 7.11 Å². The third-order valence-electron chi connectivity index (χ3n) is 3.36. The van der Waals surface area contributed by atoms with Crippen molar-refractivity contribution in [2.45, 2.75) is 6.10 Å². The largest absolute Gasteiger partial charge is 0.504 e. The summed E-state index contributed by atoms with van der Waals surface area (Å²) < 4.78 is 9.64. The Morgan fingerprint density at radius 3 is 2.12 bits per heavy atom. The van der Waals surface area contributed by atoms with Gasteiger partial charge in [-0.25, -0.2) is 9.59 Å². The maximum Gasteiger partial charge on any atom is 0.351 e. The highest BCUT2D eigenvalue weighted by molar-refractivity contribution is 5.89. The lowest BCUT2D eigenvalue weighted by Gasteiger charge is -2.15. The molecule has 0 aliphatic heterocycles. The number of benzene rings is 2. The van der Waals surface area contributed by atoms with E-state index in [2.05, 4.69) is 4.74 Å². The molecule has 0 aromatic heterocycles. The van der Waals surface area contributed by atoms with Crippen molar-refractivity contribution in [2.75, 3.05) is 7.11 Å². The van der Waals surface area contributed by atoms with Crippen LogP contribution in [-0.2, 0) is 19.1 Å². The summed E-state index contributed by atoms with van der Waals surface area (Å²) in [6.07, 6.45) is 0.878. The first-order valence-corrected chi connectivity index (χ1v) is 7.32. The molecule has 136 valence electrons. The Bertz CT molecular complexity index is 856. The van der Waals surface area contributed by atoms with Gasteiger partial charge in [-0.2, -0.15) is 0 Å². The van der Waals surface area contributed by atoms with E-state index in [0.717, 1.165) is 25.3 Å². The van der Waals surface area contributed by atoms with E-state index in [-0.39, 0.29) is 17.1 Å². The third kappa shape index (κ3) is 4.44. The predicted octanol–water partition coefficient (Wildman–Crippen LogP) is 1.98. The van der Waals surface area contributed by atoms with Crippen LogP contribution in [0.15, 0.2) is 42.5 Å². The Labute approximate surface area is 148 Å². The van der Waals surface area contributed by atoms with Crippen LogP contribution in [0.25, 0.3) is 6.08 Å². The Balaban J connectivity index is 2.18. The lowest BCUT2D eigenvalue weighted by atomic mass is 10.1. The first kappa shape index (κ1) is 18.7. The first-order valence-electron chi connectivity index (χ1n) is 7.32. The fourth-order valence-corrected chi connectivity index (χ4v) is 2.03. The quantitative estimate of drug-likeness (QED) is 0.361. The van der Waals surface area contributed by atoms with Crippen LogP contribution in [0.3, 0.4) is 0 Å². The number of rotatable bonds is 5. The van der Waals surface area contributed by atoms with Gasteiger partial charge in [-0.05, 0) is 35.9 Å². The van der Waals surface area contributed by atoms with Gasteiger partial charge in [-0.1, -0.05) is 12.1 Å². The minimum atomic E-state index is -1.45. The molecule has 0 bridgehead atoms. The molecule has 2 aromatic rings. The van der Waals surface area contributed by atoms with Crippen LogP contribution in [0.1, 0.15) is 17.2 Å². The van der Waals surface area contributed by atoms with Gasteiger partial charge in [0.15, 0.2) is 23.0 Å². The summed E-state index contributed by atoms with van der Waals surface area (Å²) in [5, 5.41) is 37.5. The Morgan fingerprint density at radius 1 is 0.923 bits per heavy atom. The molecule has 0 saturated heterocycles. The standard InChI is InChI=1S/C18H16O8/c1-25-18(24)17(11-4-6-13(20)15(22)9-11)26-16(23)7-3-10-2-5-12(19)14(21)8-10/h2-9,17,19-22H,1H3/b7-3+. The number of carbonyl (C=O) groups excluding carboxylic acids is 2. The van der Waals surface area contributed by atoms with Gasteiger partial charge in [0.2, 0.25) is 6.10 Å². The van der Waals surface area contributed by atoms with E-state index >= 15 is 0 Å². The van der Waals surface area contributed by atoms with Gasteiger partial charge in [-0.3, -0.25) is 0 Å². The van der Waals surface area contributed by atoms with Gasteiger partial charge in [-0.15, -0.1) is 0 Å². The molecular formula is C18H16O8. The van der Waals surface area contributed by atoms with Crippen molar-refractivity contribution in [3.8, 4) is 23.0 Å². The Morgan fingerprint density at radius 2 is 1.54 bits per heavy atom. The summed E-state index contributed by atoms with van der Waals surface area (Å²) in [6, 6.07) is 7.45. The molecule has 0 spiro atoms. The van der Waals surface area contributed by atoms with Crippen LogP contribution >= 0.6 is 0 Å². The van der Waals surface area contributed by atoms with Crippen molar-refractivity contribution in [2.24, 2.45) is 0 Å². The summed E-state index contributed by atoms with van der Waals surface area (Å²) in [4.78, 5) is 23.9.